The van der Waals surface area contributed by atoms with Gasteiger partial charge < -0.3 is 46.5 Å². The summed E-state index contributed by atoms with van der Waals surface area (Å²) in [6.07, 6.45) is 8.63. The number of nitrogens with one attached hydrogen (secondary N) is 5. The van der Waals surface area contributed by atoms with Gasteiger partial charge in [0.05, 0.1) is 12.7 Å². The standard InChI is InChI=1S/C46H58N8O8/c1-62-44(60)28-16-14-27(15-17-28)23-34-40(56)52-46(19-6-7-20-46)45(61)51-35(24-30-26-48-32-11-4-3-10-31(30)32)39(55)49-33(18-21-47)42(58)53-22-8-13-37(53)43(59)54-36-12-5-2-9-29(36)25-38(54)41(57)50-34/h3-4,10-11,14-17,26,29,33-38,48H,2,5-9,12-13,18-25,47H2,1H3,(H,49,55)(H,50,57)(H,51,61)(H,52,56)/t29-,33+,34+,35+,36-,37-,38-/m1/s1. The van der Waals surface area contributed by atoms with Crippen LogP contribution < -0.4 is 27.0 Å². The lowest BCUT2D eigenvalue weighted by molar-refractivity contribution is -0.150. The van der Waals surface area contributed by atoms with Gasteiger partial charge in [-0.15, -0.1) is 0 Å². The molecular formula is C46H58N8O8. The smallest absolute Gasteiger partial charge is 0.337 e. The predicted molar refractivity (Wildman–Crippen MR) is 228 cm³/mol. The van der Waals surface area contributed by atoms with E-state index in [0.29, 0.717) is 62.6 Å². The van der Waals surface area contributed by atoms with E-state index in [0.717, 1.165) is 42.1 Å². The lowest BCUT2D eigenvalue weighted by atomic mass is 9.84. The van der Waals surface area contributed by atoms with Crippen LogP contribution in [0.15, 0.2) is 54.7 Å². The number of amides is 6. The Morgan fingerprint density at radius 3 is 2.26 bits per heavy atom. The normalized spacial score (nSPS) is 28.3. The molecule has 1 aromatic heterocycles. The molecule has 3 saturated heterocycles. The summed E-state index contributed by atoms with van der Waals surface area (Å²) in [7, 11) is 1.29. The van der Waals surface area contributed by atoms with Gasteiger partial charge in [0.25, 0.3) is 0 Å². The number of aromatic nitrogens is 1. The van der Waals surface area contributed by atoms with Crippen molar-refractivity contribution >= 4 is 52.3 Å². The first kappa shape index (κ1) is 42.9. The van der Waals surface area contributed by atoms with E-state index in [-0.39, 0.29) is 43.7 Å². The zero-order chi connectivity index (χ0) is 43.5. The van der Waals surface area contributed by atoms with Crippen molar-refractivity contribution in [2.24, 2.45) is 11.7 Å². The number of fused-ring (bicyclic) bond motifs is 5. The molecule has 1 spiro atoms. The summed E-state index contributed by atoms with van der Waals surface area (Å²) < 4.78 is 4.87. The highest BCUT2D eigenvalue weighted by Crippen LogP contribution is 2.41. The molecular weight excluding hydrogens is 793 g/mol. The van der Waals surface area contributed by atoms with E-state index in [4.69, 9.17) is 10.5 Å². The van der Waals surface area contributed by atoms with Gasteiger partial charge in [0.15, 0.2) is 0 Å². The number of benzene rings is 2. The first-order valence-corrected chi connectivity index (χ1v) is 22.3. The number of esters is 1. The highest BCUT2D eigenvalue weighted by molar-refractivity contribution is 6.00. The lowest BCUT2D eigenvalue weighted by Gasteiger charge is -2.38. The molecule has 16 nitrogen and oxygen atoms in total. The number of hydrogen-bond acceptors (Lipinski definition) is 9. The number of rotatable bonds is 7. The minimum Gasteiger partial charge on any atom is -0.465 e. The minimum atomic E-state index is -1.42. The predicted octanol–water partition coefficient (Wildman–Crippen LogP) is 2.14. The van der Waals surface area contributed by atoms with Gasteiger partial charge in [-0.1, -0.05) is 56.0 Å². The molecule has 3 aromatic rings. The van der Waals surface area contributed by atoms with Crippen LogP contribution >= 0.6 is 0 Å². The molecule has 2 saturated carbocycles. The quantitative estimate of drug-likeness (QED) is 0.191. The fourth-order valence-electron chi connectivity index (χ4n) is 10.7. The lowest BCUT2D eigenvalue weighted by Crippen LogP contribution is -2.65. The van der Waals surface area contributed by atoms with Crippen molar-refractivity contribution in [2.45, 2.75) is 132 Å². The van der Waals surface area contributed by atoms with Gasteiger partial charge in [-0.25, -0.2) is 4.79 Å². The second-order valence-electron chi connectivity index (χ2n) is 17.8. The number of para-hydroxylation sites is 1. The number of ether oxygens (including phenoxy) is 1. The molecule has 0 radical (unpaired) electrons. The van der Waals surface area contributed by atoms with Crippen molar-refractivity contribution in [2.75, 3.05) is 20.2 Å². The highest BCUT2D eigenvalue weighted by Gasteiger charge is 2.52. The van der Waals surface area contributed by atoms with Crippen LogP contribution in [0.3, 0.4) is 0 Å². The summed E-state index contributed by atoms with van der Waals surface area (Å²) >= 11 is 0. The summed E-state index contributed by atoms with van der Waals surface area (Å²) in [5, 5.41) is 12.8. The van der Waals surface area contributed by atoms with E-state index < -0.39 is 71.3 Å². The van der Waals surface area contributed by atoms with Crippen LogP contribution in [-0.4, -0.2) is 118 Å². The Balaban J connectivity index is 1.19. The molecule has 3 aliphatic heterocycles. The molecule has 4 heterocycles. The van der Waals surface area contributed by atoms with Gasteiger partial charge in [-0.3, -0.25) is 28.8 Å². The van der Waals surface area contributed by atoms with E-state index in [2.05, 4.69) is 26.3 Å². The van der Waals surface area contributed by atoms with Crippen molar-refractivity contribution in [3.63, 3.8) is 0 Å². The van der Waals surface area contributed by atoms with Crippen molar-refractivity contribution < 1.29 is 38.3 Å². The minimum absolute atomic E-state index is 0.0171. The van der Waals surface area contributed by atoms with Crippen LogP contribution in [0.4, 0.5) is 0 Å². The molecule has 16 heteroatoms. The summed E-state index contributed by atoms with van der Waals surface area (Å²) in [5.74, 6) is -3.39. The monoisotopic (exact) mass is 850 g/mol. The summed E-state index contributed by atoms with van der Waals surface area (Å²) in [6, 6.07) is 8.78. The van der Waals surface area contributed by atoms with Crippen LogP contribution in [0, 0.1) is 5.92 Å². The number of carbonyl (C=O) groups excluding carboxylic acids is 7. The third-order valence-corrected chi connectivity index (χ3v) is 14.0. The largest absolute Gasteiger partial charge is 0.465 e. The SMILES string of the molecule is COC(=O)c1ccc(C[C@@H]2NC(=O)[C@H]3C[C@H]4CCCC[C@H]4N3C(=O)[C@H]3CCCN3C(=O)[C@H](CCN)NC(=O)[C@H](Cc3c[nH]c4ccccc34)NC(=O)C3(CCCC3)NC2=O)cc1. The Hall–Kier alpha value is -5.77. The van der Waals surface area contributed by atoms with E-state index in [9.17, 15) is 33.6 Å². The second kappa shape index (κ2) is 18.3. The summed E-state index contributed by atoms with van der Waals surface area (Å²) in [6.45, 7) is 0.368. The Morgan fingerprint density at radius 2 is 1.50 bits per heavy atom. The van der Waals surface area contributed by atoms with Crippen LogP contribution in [0.25, 0.3) is 10.9 Å². The van der Waals surface area contributed by atoms with Gasteiger partial charge in [-0.05, 0) is 93.2 Å². The molecule has 8 rings (SSSR count). The first-order chi connectivity index (χ1) is 30.0. The Labute approximate surface area is 360 Å². The number of aromatic amines is 1. The molecule has 62 heavy (non-hydrogen) atoms. The van der Waals surface area contributed by atoms with Crippen LogP contribution in [0.1, 0.15) is 98.5 Å². The fourth-order valence-corrected chi connectivity index (χ4v) is 10.7. The number of hydrogen-bond donors (Lipinski definition) is 6. The number of H-pyrrole nitrogens is 1. The molecule has 7 N–H and O–H groups in total. The van der Waals surface area contributed by atoms with Crippen LogP contribution in [0.2, 0.25) is 0 Å². The number of nitrogens with zero attached hydrogens (tertiary/aromatic N) is 2. The van der Waals surface area contributed by atoms with Gasteiger partial charge in [-0.2, -0.15) is 0 Å². The van der Waals surface area contributed by atoms with Gasteiger partial charge in [0, 0.05) is 42.5 Å². The third-order valence-electron chi connectivity index (χ3n) is 14.0. The van der Waals surface area contributed by atoms with Crippen molar-refractivity contribution in [1.29, 1.82) is 0 Å². The Morgan fingerprint density at radius 1 is 0.774 bits per heavy atom. The zero-order valence-corrected chi connectivity index (χ0v) is 35.3. The Bertz CT molecular complexity index is 2200. The number of nitrogens with two attached hydrogens (primary N) is 1. The third kappa shape index (κ3) is 8.53. The van der Waals surface area contributed by atoms with Crippen LogP contribution in [0.5, 0.6) is 0 Å². The van der Waals surface area contributed by atoms with Crippen molar-refractivity contribution in [3.05, 3.63) is 71.4 Å². The van der Waals surface area contributed by atoms with Crippen molar-refractivity contribution in [3.8, 4) is 0 Å². The molecule has 2 aromatic carbocycles. The van der Waals surface area contributed by atoms with Gasteiger partial charge in [0.1, 0.15) is 35.7 Å². The fraction of sp³-hybridized carbons (Fsp3) is 0.543. The Kier molecular flexibility index (Phi) is 12.7. The first-order valence-electron chi connectivity index (χ1n) is 22.3. The maximum atomic E-state index is 14.9. The zero-order valence-electron chi connectivity index (χ0n) is 35.3. The summed E-state index contributed by atoms with van der Waals surface area (Å²) in [4.78, 5) is 107. The molecule has 2 aliphatic carbocycles. The van der Waals surface area contributed by atoms with Gasteiger partial charge in [0.2, 0.25) is 35.4 Å². The average Bonchev–Trinajstić information content (AvgIpc) is 4.11. The van der Waals surface area contributed by atoms with E-state index >= 15 is 0 Å². The van der Waals surface area contributed by atoms with Crippen molar-refractivity contribution in [1.82, 2.24) is 36.1 Å². The topological polar surface area (TPSA) is 225 Å². The van der Waals surface area contributed by atoms with E-state index in [1.54, 1.807) is 35.4 Å². The maximum absolute atomic E-state index is 14.9. The van der Waals surface area contributed by atoms with E-state index in [1.165, 1.54) is 12.0 Å². The maximum Gasteiger partial charge on any atom is 0.337 e. The molecule has 5 fully saturated rings. The number of methoxy groups -OCH3 is 1. The molecule has 7 atom stereocenters. The molecule has 0 unspecified atom stereocenters. The number of carbonyl (C=O) groups is 7. The molecule has 330 valence electrons. The van der Waals surface area contributed by atoms with E-state index in [1.807, 2.05) is 24.3 Å². The molecule has 5 aliphatic rings. The second-order valence-corrected chi connectivity index (χ2v) is 17.8. The summed E-state index contributed by atoms with van der Waals surface area (Å²) in [5.41, 5.74) is 7.21. The highest BCUT2D eigenvalue weighted by atomic mass is 16.5. The van der Waals surface area contributed by atoms with Crippen LogP contribution in [-0.2, 0) is 46.3 Å². The average molecular weight is 851 g/mol. The molecule has 6 amide bonds. The van der Waals surface area contributed by atoms with Gasteiger partial charge >= 0.3 is 5.97 Å². The molecule has 0 bridgehead atoms.